The first-order valence-electron chi connectivity index (χ1n) is 10.3. The highest BCUT2D eigenvalue weighted by Crippen LogP contribution is 2.38. The van der Waals surface area contributed by atoms with E-state index in [0.29, 0.717) is 36.2 Å². The zero-order valence-corrected chi connectivity index (χ0v) is 16.8. The molecule has 0 radical (unpaired) electrons. The van der Waals surface area contributed by atoms with Crippen LogP contribution in [0.2, 0.25) is 0 Å². The Morgan fingerprint density at radius 1 is 1.03 bits per heavy atom. The van der Waals surface area contributed by atoms with Gasteiger partial charge in [0.2, 0.25) is 0 Å². The second-order valence-corrected chi connectivity index (χ2v) is 7.74. The van der Waals surface area contributed by atoms with Crippen molar-refractivity contribution in [3.63, 3.8) is 0 Å². The van der Waals surface area contributed by atoms with Crippen molar-refractivity contribution in [3.8, 4) is 11.5 Å². The van der Waals surface area contributed by atoms with Crippen LogP contribution in [0.5, 0.6) is 11.5 Å². The van der Waals surface area contributed by atoms with E-state index in [9.17, 15) is 9.59 Å². The van der Waals surface area contributed by atoms with Crippen molar-refractivity contribution in [2.75, 3.05) is 19.8 Å². The van der Waals surface area contributed by atoms with Crippen molar-refractivity contribution in [2.24, 2.45) is 7.05 Å². The molecule has 3 aromatic rings. The Morgan fingerprint density at radius 2 is 1.80 bits per heavy atom. The molecule has 2 aliphatic heterocycles. The molecule has 7 nitrogen and oxygen atoms in total. The Kier molecular flexibility index (Phi) is 4.65. The smallest absolute Gasteiger partial charge is 0.275 e. The number of benzene rings is 2. The Bertz CT molecular complexity index is 1190. The van der Waals surface area contributed by atoms with E-state index in [0.717, 1.165) is 36.3 Å². The number of nitrogens with zero attached hydrogens (tertiary/aromatic N) is 3. The molecule has 0 spiro atoms. The van der Waals surface area contributed by atoms with E-state index in [2.05, 4.69) is 5.10 Å². The number of ether oxygens (including phenoxy) is 2. The fourth-order valence-electron chi connectivity index (χ4n) is 4.34. The zero-order chi connectivity index (χ0) is 20.7. The third-order valence-corrected chi connectivity index (χ3v) is 5.83. The lowest BCUT2D eigenvalue weighted by molar-refractivity contribution is 0.0729. The molecule has 5 rings (SSSR count). The van der Waals surface area contributed by atoms with E-state index >= 15 is 0 Å². The first kappa shape index (κ1) is 18.7. The predicted octanol–water partition coefficient (Wildman–Crippen LogP) is 3.07. The summed E-state index contributed by atoms with van der Waals surface area (Å²) in [6, 6.07) is 13.0. The van der Waals surface area contributed by atoms with E-state index < -0.39 is 0 Å². The van der Waals surface area contributed by atoms with Gasteiger partial charge in [0.1, 0.15) is 0 Å². The highest BCUT2D eigenvalue weighted by Gasteiger charge is 2.33. The third-order valence-electron chi connectivity index (χ3n) is 5.83. The monoisotopic (exact) mass is 405 g/mol. The van der Waals surface area contributed by atoms with Crippen LogP contribution in [0.25, 0.3) is 10.8 Å². The molecule has 0 N–H and O–H groups in total. The van der Waals surface area contributed by atoms with Crippen LogP contribution in [0, 0.1) is 0 Å². The molecule has 2 aliphatic rings. The summed E-state index contributed by atoms with van der Waals surface area (Å²) in [5.74, 6) is 1.32. The molecule has 1 aromatic heterocycles. The minimum absolute atomic E-state index is 0.0625. The van der Waals surface area contributed by atoms with Gasteiger partial charge in [-0.1, -0.05) is 24.3 Å². The summed E-state index contributed by atoms with van der Waals surface area (Å²) in [5.41, 5.74) is 1.14. The van der Waals surface area contributed by atoms with Gasteiger partial charge in [-0.05, 0) is 36.6 Å². The lowest BCUT2D eigenvalue weighted by Crippen LogP contribution is -2.33. The summed E-state index contributed by atoms with van der Waals surface area (Å²) in [5, 5.41) is 5.42. The van der Waals surface area contributed by atoms with Crippen LogP contribution in [-0.4, -0.2) is 40.3 Å². The minimum atomic E-state index is -0.206. The molecular weight excluding hydrogens is 382 g/mol. The van der Waals surface area contributed by atoms with E-state index in [1.165, 1.54) is 4.68 Å². The summed E-state index contributed by atoms with van der Waals surface area (Å²) >= 11 is 0. The van der Waals surface area contributed by atoms with Gasteiger partial charge in [-0.3, -0.25) is 9.59 Å². The van der Waals surface area contributed by atoms with E-state index in [1.807, 2.05) is 29.2 Å². The van der Waals surface area contributed by atoms with Crippen LogP contribution in [0.1, 0.15) is 41.4 Å². The lowest BCUT2D eigenvalue weighted by Gasteiger charge is -2.26. The summed E-state index contributed by atoms with van der Waals surface area (Å²) < 4.78 is 12.8. The number of rotatable bonds is 2. The molecule has 0 bridgehead atoms. The van der Waals surface area contributed by atoms with Gasteiger partial charge in [-0.2, -0.15) is 5.10 Å². The van der Waals surface area contributed by atoms with Crippen LogP contribution in [0.15, 0.2) is 47.3 Å². The van der Waals surface area contributed by atoms with Crippen LogP contribution >= 0.6 is 0 Å². The van der Waals surface area contributed by atoms with Gasteiger partial charge in [-0.15, -0.1) is 0 Å². The quantitative estimate of drug-likeness (QED) is 0.655. The average Bonchev–Trinajstić information content (AvgIpc) is 3.14. The highest BCUT2D eigenvalue weighted by molar-refractivity contribution is 6.05. The Balaban J connectivity index is 1.53. The maximum atomic E-state index is 13.5. The van der Waals surface area contributed by atoms with Gasteiger partial charge in [-0.25, -0.2) is 4.68 Å². The molecule has 7 heteroatoms. The summed E-state index contributed by atoms with van der Waals surface area (Å²) in [6.07, 6.45) is 2.63. The molecule has 1 fully saturated rings. The van der Waals surface area contributed by atoms with Gasteiger partial charge in [0.05, 0.1) is 24.6 Å². The second kappa shape index (κ2) is 7.48. The van der Waals surface area contributed by atoms with Gasteiger partial charge in [0, 0.05) is 25.4 Å². The topological polar surface area (TPSA) is 73.7 Å². The van der Waals surface area contributed by atoms with Crippen LogP contribution in [0.3, 0.4) is 0 Å². The third kappa shape index (κ3) is 3.10. The van der Waals surface area contributed by atoms with E-state index in [4.69, 9.17) is 9.47 Å². The van der Waals surface area contributed by atoms with Gasteiger partial charge >= 0.3 is 0 Å². The highest BCUT2D eigenvalue weighted by atomic mass is 16.5. The normalized spacial score (nSPS) is 18.4. The fourth-order valence-corrected chi connectivity index (χ4v) is 4.34. The number of fused-ring (bicyclic) bond motifs is 2. The largest absolute Gasteiger partial charge is 0.490 e. The second-order valence-electron chi connectivity index (χ2n) is 7.74. The number of hydrogen-bond acceptors (Lipinski definition) is 5. The zero-order valence-electron chi connectivity index (χ0n) is 16.8. The number of carbonyl (C=O) groups is 1. The maximum Gasteiger partial charge on any atom is 0.275 e. The first-order chi connectivity index (χ1) is 14.6. The Morgan fingerprint density at radius 3 is 2.63 bits per heavy atom. The van der Waals surface area contributed by atoms with Gasteiger partial charge < -0.3 is 14.4 Å². The van der Waals surface area contributed by atoms with Crippen LogP contribution < -0.4 is 15.0 Å². The maximum absolute atomic E-state index is 13.5. The average molecular weight is 405 g/mol. The van der Waals surface area contributed by atoms with Crippen molar-refractivity contribution in [1.82, 2.24) is 14.7 Å². The standard InChI is InChI=1S/C23H23N3O4/c1-25-22(27)17-7-3-2-6-16(17)21(24-25)23(28)26-11-4-8-18(26)15-9-10-19-20(14-15)30-13-5-12-29-19/h2-3,6-7,9-10,14,18H,4-5,8,11-13H2,1H3/t18-/m1/s1. The molecule has 30 heavy (non-hydrogen) atoms. The number of aryl methyl sites for hydroxylation is 1. The SMILES string of the molecule is Cn1nc(C(=O)N2CCC[C@@H]2c2ccc3c(c2)OCCCO3)c2ccccc2c1=O. The number of likely N-dealkylation sites (tertiary alicyclic amines) is 1. The van der Waals surface area contributed by atoms with Gasteiger partial charge in [0.25, 0.3) is 11.5 Å². The Hall–Kier alpha value is -3.35. The molecule has 1 atom stereocenters. The number of hydrogen-bond donors (Lipinski definition) is 0. The molecule has 0 unspecified atom stereocenters. The number of carbonyl (C=O) groups excluding carboxylic acids is 1. The lowest BCUT2D eigenvalue weighted by atomic mass is 10.0. The molecule has 2 aromatic carbocycles. The molecule has 0 saturated carbocycles. The minimum Gasteiger partial charge on any atom is -0.490 e. The summed E-state index contributed by atoms with van der Waals surface area (Å²) in [6.45, 7) is 1.92. The molecule has 1 amide bonds. The van der Waals surface area contributed by atoms with E-state index in [-0.39, 0.29) is 17.5 Å². The number of aromatic nitrogens is 2. The molecule has 1 saturated heterocycles. The summed E-state index contributed by atoms with van der Waals surface area (Å²) in [7, 11) is 1.58. The Labute approximate surface area is 173 Å². The fraction of sp³-hybridized carbons (Fsp3) is 0.348. The molecule has 154 valence electrons. The van der Waals surface area contributed by atoms with E-state index in [1.54, 1.807) is 25.2 Å². The van der Waals surface area contributed by atoms with Crippen LogP contribution in [0.4, 0.5) is 0 Å². The van der Waals surface area contributed by atoms with Crippen molar-refractivity contribution < 1.29 is 14.3 Å². The summed E-state index contributed by atoms with van der Waals surface area (Å²) in [4.78, 5) is 27.8. The van der Waals surface area contributed by atoms with Crippen molar-refractivity contribution >= 4 is 16.7 Å². The van der Waals surface area contributed by atoms with Crippen molar-refractivity contribution in [2.45, 2.75) is 25.3 Å². The first-order valence-corrected chi connectivity index (χ1v) is 10.3. The van der Waals surface area contributed by atoms with Crippen molar-refractivity contribution in [1.29, 1.82) is 0 Å². The number of amides is 1. The molecular formula is C23H23N3O4. The van der Waals surface area contributed by atoms with Crippen molar-refractivity contribution in [3.05, 3.63) is 64.1 Å². The van der Waals surface area contributed by atoms with Crippen LogP contribution in [-0.2, 0) is 7.05 Å². The predicted molar refractivity (Wildman–Crippen MR) is 112 cm³/mol. The molecule has 0 aliphatic carbocycles. The van der Waals surface area contributed by atoms with Gasteiger partial charge in [0.15, 0.2) is 17.2 Å². The molecule has 3 heterocycles.